The van der Waals surface area contributed by atoms with Crippen molar-refractivity contribution in [1.29, 1.82) is 0 Å². The highest BCUT2D eigenvalue weighted by atomic mass is 16.6. The van der Waals surface area contributed by atoms with Gasteiger partial charge in [-0.25, -0.2) is 0 Å². The molecule has 4 nitrogen and oxygen atoms in total. The third kappa shape index (κ3) is 2.53. The molecule has 4 rings (SSSR count). The van der Waals surface area contributed by atoms with Crippen molar-refractivity contribution in [1.82, 2.24) is 4.57 Å². The second-order valence-electron chi connectivity index (χ2n) is 7.65. The van der Waals surface area contributed by atoms with E-state index in [9.17, 15) is 4.79 Å². The second-order valence-corrected chi connectivity index (χ2v) is 7.65. The van der Waals surface area contributed by atoms with Gasteiger partial charge in [0.15, 0.2) is 0 Å². The van der Waals surface area contributed by atoms with Crippen LogP contribution in [0.2, 0.25) is 0 Å². The molecule has 0 radical (unpaired) electrons. The van der Waals surface area contributed by atoms with Crippen LogP contribution < -0.4 is 0 Å². The lowest BCUT2D eigenvalue weighted by Crippen LogP contribution is -2.65. The molecule has 1 aromatic carbocycles. The van der Waals surface area contributed by atoms with Gasteiger partial charge in [0.2, 0.25) is 0 Å². The zero-order valence-corrected chi connectivity index (χ0v) is 14.4. The number of rotatable bonds is 4. The molecule has 1 aromatic heterocycles. The molecule has 2 heterocycles. The van der Waals surface area contributed by atoms with Crippen molar-refractivity contribution in [3.8, 4) is 0 Å². The number of carbonyl (C=O) groups excluding carboxylic acids is 1. The number of hydrogen-bond acceptors (Lipinski definition) is 3. The molecule has 0 unspecified atom stereocenters. The lowest BCUT2D eigenvalue weighted by atomic mass is 9.57. The fourth-order valence-corrected chi connectivity index (χ4v) is 4.46. The fourth-order valence-electron chi connectivity index (χ4n) is 4.46. The average molecular weight is 327 g/mol. The van der Waals surface area contributed by atoms with Crippen LogP contribution in [0.3, 0.4) is 0 Å². The summed E-state index contributed by atoms with van der Waals surface area (Å²) < 4.78 is 13.8. The summed E-state index contributed by atoms with van der Waals surface area (Å²) in [6.45, 7) is 5.80. The van der Waals surface area contributed by atoms with E-state index in [1.165, 1.54) is 5.39 Å². The van der Waals surface area contributed by atoms with Gasteiger partial charge in [-0.15, -0.1) is 0 Å². The Kier molecular flexibility index (Phi) is 3.87. The van der Waals surface area contributed by atoms with Crippen molar-refractivity contribution in [2.75, 3.05) is 6.61 Å². The number of hydrogen-bond donors (Lipinski definition) is 0. The van der Waals surface area contributed by atoms with Crippen LogP contribution in [-0.2, 0) is 20.8 Å². The molecule has 2 aromatic rings. The van der Waals surface area contributed by atoms with Crippen LogP contribution in [0.4, 0.5) is 0 Å². The summed E-state index contributed by atoms with van der Waals surface area (Å²) in [6, 6.07) is 10.3. The molecule has 24 heavy (non-hydrogen) atoms. The molecule has 2 aliphatic rings. The monoisotopic (exact) mass is 327 g/mol. The van der Waals surface area contributed by atoms with E-state index in [0.29, 0.717) is 18.9 Å². The van der Waals surface area contributed by atoms with Gasteiger partial charge in [0.25, 0.3) is 0 Å². The first-order chi connectivity index (χ1) is 11.6. The standard InChI is InChI=1S/C20H25NO3/c1-20(2)18-15(7-5-13-23-18)19(20)24-17(22)10-12-21-11-9-14-6-3-4-8-16(14)21/h3-4,6,8-9,11,15,18-19H,5,7,10,12-13H2,1-2H3/t15-,18+,19+/m0/s1. The minimum absolute atomic E-state index is 0.00305. The zero-order valence-electron chi connectivity index (χ0n) is 14.4. The average Bonchev–Trinajstić information content (AvgIpc) is 3.01. The van der Waals surface area contributed by atoms with Crippen LogP contribution in [-0.4, -0.2) is 29.4 Å². The summed E-state index contributed by atoms with van der Waals surface area (Å²) in [5.41, 5.74) is 1.09. The number of aryl methyl sites for hydroxylation is 1. The highest BCUT2D eigenvalue weighted by Gasteiger charge is 2.60. The van der Waals surface area contributed by atoms with Gasteiger partial charge >= 0.3 is 5.97 Å². The molecule has 1 aliphatic carbocycles. The highest BCUT2D eigenvalue weighted by Crippen LogP contribution is 2.53. The van der Waals surface area contributed by atoms with Gasteiger partial charge in [-0.2, -0.15) is 0 Å². The maximum Gasteiger partial charge on any atom is 0.307 e. The van der Waals surface area contributed by atoms with Crippen molar-refractivity contribution in [3.05, 3.63) is 36.5 Å². The van der Waals surface area contributed by atoms with Crippen molar-refractivity contribution < 1.29 is 14.3 Å². The molecule has 3 atom stereocenters. The molecule has 1 aliphatic heterocycles. The van der Waals surface area contributed by atoms with Gasteiger partial charge in [0.05, 0.1) is 12.5 Å². The van der Waals surface area contributed by atoms with Gasteiger partial charge in [-0.1, -0.05) is 32.0 Å². The molecule has 0 spiro atoms. The zero-order chi connectivity index (χ0) is 16.7. The van der Waals surface area contributed by atoms with Crippen molar-refractivity contribution in [2.45, 2.75) is 51.9 Å². The van der Waals surface area contributed by atoms with E-state index < -0.39 is 0 Å². The first-order valence-electron chi connectivity index (χ1n) is 8.92. The van der Waals surface area contributed by atoms with E-state index >= 15 is 0 Å². The number of benzene rings is 1. The highest BCUT2D eigenvalue weighted by molar-refractivity contribution is 5.80. The Hall–Kier alpha value is -1.81. The summed E-state index contributed by atoms with van der Waals surface area (Å²) in [5.74, 6) is 0.278. The van der Waals surface area contributed by atoms with E-state index in [-0.39, 0.29) is 23.6 Å². The molecule has 2 fully saturated rings. The van der Waals surface area contributed by atoms with Crippen molar-refractivity contribution in [2.24, 2.45) is 11.3 Å². The minimum Gasteiger partial charge on any atom is -0.461 e. The molecule has 0 bridgehead atoms. The number of ether oxygens (including phenoxy) is 2. The van der Waals surface area contributed by atoms with Crippen molar-refractivity contribution >= 4 is 16.9 Å². The van der Waals surface area contributed by atoms with Crippen LogP contribution in [0.5, 0.6) is 0 Å². The van der Waals surface area contributed by atoms with Crippen LogP contribution >= 0.6 is 0 Å². The predicted octanol–water partition coefficient (Wildman–Crippen LogP) is 3.78. The minimum atomic E-state index is -0.102. The second kappa shape index (κ2) is 5.92. The number of nitrogens with zero attached hydrogens (tertiary/aromatic N) is 1. The Morgan fingerprint density at radius 1 is 1.33 bits per heavy atom. The summed E-state index contributed by atoms with van der Waals surface area (Å²) in [5, 5.41) is 1.20. The third-order valence-electron chi connectivity index (χ3n) is 5.72. The van der Waals surface area contributed by atoms with Gasteiger partial charge in [0, 0.05) is 36.2 Å². The lowest BCUT2D eigenvalue weighted by Gasteiger charge is -2.58. The SMILES string of the molecule is CC1(C)[C@@H]2OCCC[C@@H]2[C@H]1OC(=O)CCn1ccc2ccccc21. The summed E-state index contributed by atoms with van der Waals surface area (Å²) in [4.78, 5) is 12.4. The van der Waals surface area contributed by atoms with E-state index in [2.05, 4.69) is 36.6 Å². The third-order valence-corrected chi connectivity index (χ3v) is 5.72. The molecular weight excluding hydrogens is 302 g/mol. The van der Waals surface area contributed by atoms with E-state index in [0.717, 1.165) is 25.0 Å². The normalized spacial score (nSPS) is 28.2. The molecule has 4 heteroatoms. The maximum atomic E-state index is 12.4. The van der Waals surface area contributed by atoms with E-state index in [1.54, 1.807) is 0 Å². The number of carbonyl (C=O) groups is 1. The smallest absolute Gasteiger partial charge is 0.307 e. The number of fused-ring (bicyclic) bond motifs is 2. The van der Waals surface area contributed by atoms with Crippen LogP contribution in [0, 0.1) is 11.3 Å². The summed E-state index contributed by atoms with van der Waals surface area (Å²) >= 11 is 0. The van der Waals surface area contributed by atoms with Crippen LogP contribution in [0.15, 0.2) is 36.5 Å². The fraction of sp³-hybridized carbons (Fsp3) is 0.550. The lowest BCUT2D eigenvalue weighted by molar-refractivity contribution is -0.254. The number of para-hydroxylation sites is 1. The Labute approximate surface area is 142 Å². The topological polar surface area (TPSA) is 40.5 Å². The van der Waals surface area contributed by atoms with Gasteiger partial charge in [0.1, 0.15) is 6.10 Å². The molecule has 1 saturated carbocycles. The summed E-state index contributed by atoms with van der Waals surface area (Å²) in [7, 11) is 0. The number of aromatic nitrogens is 1. The van der Waals surface area contributed by atoms with Crippen molar-refractivity contribution in [3.63, 3.8) is 0 Å². The molecule has 1 saturated heterocycles. The molecule has 0 N–H and O–H groups in total. The largest absolute Gasteiger partial charge is 0.461 e. The summed E-state index contributed by atoms with van der Waals surface area (Å²) in [6.07, 6.45) is 4.86. The first kappa shape index (κ1) is 15.7. The molecule has 128 valence electrons. The Morgan fingerprint density at radius 3 is 3.04 bits per heavy atom. The van der Waals surface area contributed by atoms with E-state index in [1.807, 2.05) is 18.3 Å². The predicted molar refractivity (Wildman–Crippen MR) is 92.7 cm³/mol. The van der Waals surface area contributed by atoms with Gasteiger partial charge in [-0.3, -0.25) is 4.79 Å². The molecule has 0 amide bonds. The molecular formula is C20H25NO3. The Bertz CT molecular complexity index is 748. The van der Waals surface area contributed by atoms with Gasteiger partial charge < -0.3 is 14.0 Å². The van der Waals surface area contributed by atoms with Crippen LogP contribution in [0.25, 0.3) is 10.9 Å². The first-order valence-corrected chi connectivity index (χ1v) is 8.92. The van der Waals surface area contributed by atoms with Crippen LogP contribution in [0.1, 0.15) is 33.1 Å². The van der Waals surface area contributed by atoms with E-state index in [4.69, 9.17) is 9.47 Å². The van der Waals surface area contributed by atoms with Gasteiger partial charge in [-0.05, 0) is 30.4 Å². The Morgan fingerprint density at radius 2 is 2.17 bits per heavy atom. The quantitative estimate of drug-likeness (QED) is 0.803. The Balaban J connectivity index is 1.37. The maximum absolute atomic E-state index is 12.4. The number of esters is 1.